The van der Waals surface area contributed by atoms with E-state index in [1.54, 1.807) is 6.26 Å². The average Bonchev–Trinajstić information content (AvgIpc) is 2.55. The molecule has 0 saturated heterocycles. The van der Waals surface area contributed by atoms with Gasteiger partial charge >= 0.3 is 0 Å². The zero-order chi connectivity index (χ0) is 10.6. The molecule has 0 spiro atoms. The molecular formula is C11H17NO2. The third kappa shape index (κ3) is 3.36. The maximum absolute atomic E-state index is 8.99. The maximum atomic E-state index is 8.99. The van der Waals surface area contributed by atoms with Gasteiger partial charge in [0.15, 0.2) is 0 Å². The molecule has 78 valence electrons. The second-order valence-electron chi connectivity index (χ2n) is 4.00. The van der Waals surface area contributed by atoms with Crippen LogP contribution in [-0.2, 0) is 0 Å². The fraction of sp³-hybridized carbons (Fsp3) is 0.455. The van der Waals surface area contributed by atoms with Gasteiger partial charge in [0.05, 0.1) is 12.9 Å². The summed E-state index contributed by atoms with van der Waals surface area (Å²) in [5.41, 5.74) is 6.37. The summed E-state index contributed by atoms with van der Waals surface area (Å²) in [6, 6.07) is 3.73. The predicted molar refractivity (Wildman–Crippen MR) is 56.7 cm³/mol. The Labute approximate surface area is 84.2 Å². The highest BCUT2D eigenvalue weighted by atomic mass is 16.3. The van der Waals surface area contributed by atoms with Crippen LogP contribution >= 0.6 is 0 Å². The smallest absolute Gasteiger partial charge is 0.126 e. The Hall–Kier alpha value is -1.06. The van der Waals surface area contributed by atoms with Gasteiger partial charge in [-0.05, 0) is 38.5 Å². The molecule has 3 nitrogen and oxygen atoms in total. The number of hydrogen-bond donors (Lipinski definition) is 2. The van der Waals surface area contributed by atoms with Crippen molar-refractivity contribution in [3.63, 3.8) is 0 Å². The Kier molecular flexibility index (Phi) is 3.49. The molecule has 1 aromatic heterocycles. The molecular weight excluding hydrogens is 178 g/mol. The zero-order valence-corrected chi connectivity index (χ0v) is 8.66. The molecule has 0 saturated carbocycles. The number of aliphatic hydroxyl groups excluding tert-OH is 1. The zero-order valence-electron chi connectivity index (χ0n) is 8.66. The van der Waals surface area contributed by atoms with Gasteiger partial charge in [-0.25, -0.2) is 0 Å². The Morgan fingerprint density at radius 2 is 2.43 bits per heavy atom. The highest BCUT2D eigenvalue weighted by molar-refractivity contribution is 5.46. The van der Waals surface area contributed by atoms with Crippen molar-refractivity contribution in [3.8, 4) is 0 Å². The third-order valence-electron chi connectivity index (χ3n) is 1.98. The molecule has 3 N–H and O–H groups in total. The van der Waals surface area contributed by atoms with Crippen LogP contribution in [0.15, 0.2) is 28.4 Å². The van der Waals surface area contributed by atoms with Crippen LogP contribution in [0.25, 0.3) is 6.08 Å². The van der Waals surface area contributed by atoms with E-state index in [1.807, 2.05) is 32.1 Å². The van der Waals surface area contributed by atoms with Crippen LogP contribution in [0.4, 0.5) is 0 Å². The molecule has 1 unspecified atom stereocenters. The first-order valence-electron chi connectivity index (χ1n) is 4.64. The minimum Gasteiger partial charge on any atom is -0.465 e. The lowest BCUT2D eigenvalue weighted by Crippen LogP contribution is -2.40. The fourth-order valence-corrected chi connectivity index (χ4v) is 1.36. The Morgan fingerprint density at radius 1 is 1.71 bits per heavy atom. The van der Waals surface area contributed by atoms with Crippen molar-refractivity contribution in [1.82, 2.24) is 0 Å². The van der Waals surface area contributed by atoms with Gasteiger partial charge in [0, 0.05) is 5.54 Å². The summed E-state index contributed by atoms with van der Waals surface area (Å²) in [7, 11) is 0. The first-order valence-corrected chi connectivity index (χ1v) is 4.64. The van der Waals surface area contributed by atoms with Gasteiger partial charge in [0.2, 0.25) is 0 Å². The number of furan rings is 1. The van der Waals surface area contributed by atoms with E-state index in [4.69, 9.17) is 15.3 Å². The minimum absolute atomic E-state index is 0.0175. The van der Waals surface area contributed by atoms with Crippen molar-refractivity contribution in [2.24, 2.45) is 5.73 Å². The summed E-state index contributed by atoms with van der Waals surface area (Å²) in [5, 5.41) is 8.99. The van der Waals surface area contributed by atoms with Gasteiger partial charge in [-0.2, -0.15) is 0 Å². The second-order valence-corrected chi connectivity index (χ2v) is 4.00. The summed E-state index contributed by atoms with van der Waals surface area (Å²) >= 11 is 0. The average molecular weight is 195 g/mol. The van der Waals surface area contributed by atoms with E-state index in [1.165, 1.54) is 0 Å². The molecule has 0 fully saturated rings. The number of nitrogens with two attached hydrogens (primary N) is 1. The summed E-state index contributed by atoms with van der Waals surface area (Å²) in [4.78, 5) is 0. The summed E-state index contributed by atoms with van der Waals surface area (Å²) in [5.74, 6) is 0.816. The fourth-order valence-electron chi connectivity index (χ4n) is 1.36. The van der Waals surface area contributed by atoms with Gasteiger partial charge in [-0.3, -0.25) is 0 Å². The largest absolute Gasteiger partial charge is 0.465 e. The molecule has 0 bridgehead atoms. The summed E-state index contributed by atoms with van der Waals surface area (Å²) < 4.78 is 5.17. The molecule has 0 aliphatic rings. The first kappa shape index (κ1) is 11.0. The number of rotatable bonds is 4. The standard InChI is InChI=1S/C11H17NO2/c1-9(7-11(2,12)8-13)6-10-4-3-5-14-10/h3-6,13H,7-8,12H2,1-2H3/b9-6+. The summed E-state index contributed by atoms with van der Waals surface area (Å²) in [6.45, 7) is 3.78. The van der Waals surface area contributed by atoms with Crippen LogP contribution in [0.2, 0.25) is 0 Å². The topological polar surface area (TPSA) is 59.4 Å². The van der Waals surface area contributed by atoms with Crippen molar-refractivity contribution in [2.75, 3.05) is 6.61 Å². The highest BCUT2D eigenvalue weighted by Crippen LogP contribution is 2.16. The lowest BCUT2D eigenvalue weighted by atomic mass is 9.95. The van der Waals surface area contributed by atoms with E-state index in [-0.39, 0.29) is 6.61 Å². The van der Waals surface area contributed by atoms with Crippen LogP contribution in [0.5, 0.6) is 0 Å². The van der Waals surface area contributed by atoms with Crippen LogP contribution in [0, 0.1) is 0 Å². The van der Waals surface area contributed by atoms with E-state index in [2.05, 4.69) is 0 Å². The lowest BCUT2D eigenvalue weighted by Gasteiger charge is -2.21. The molecule has 0 amide bonds. The van der Waals surface area contributed by atoms with E-state index in [0.29, 0.717) is 6.42 Å². The number of aliphatic hydroxyl groups is 1. The van der Waals surface area contributed by atoms with E-state index >= 15 is 0 Å². The second kappa shape index (κ2) is 4.44. The number of hydrogen-bond acceptors (Lipinski definition) is 3. The normalized spacial score (nSPS) is 16.7. The molecule has 0 aliphatic carbocycles. The van der Waals surface area contributed by atoms with E-state index < -0.39 is 5.54 Å². The molecule has 1 atom stereocenters. The third-order valence-corrected chi connectivity index (χ3v) is 1.98. The molecule has 0 aliphatic heterocycles. The molecule has 1 rings (SSSR count). The van der Waals surface area contributed by atoms with Crippen LogP contribution in [-0.4, -0.2) is 17.3 Å². The first-order chi connectivity index (χ1) is 6.53. The van der Waals surface area contributed by atoms with Crippen molar-refractivity contribution in [1.29, 1.82) is 0 Å². The van der Waals surface area contributed by atoms with Gasteiger partial charge in [-0.15, -0.1) is 0 Å². The van der Waals surface area contributed by atoms with Crippen LogP contribution in [0.1, 0.15) is 26.0 Å². The molecule has 3 heteroatoms. The van der Waals surface area contributed by atoms with Crippen LogP contribution in [0.3, 0.4) is 0 Å². The highest BCUT2D eigenvalue weighted by Gasteiger charge is 2.17. The molecule has 1 heterocycles. The lowest BCUT2D eigenvalue weighted by molar-refractivity contribution is 0.208. The van der Waals surface area contributed by atoms with Crippen molar-refractivity contribution >= 4 is 6.08 Å². The van der Waals surface area contributed by atoms with Crippen molar-refractivity contribution < 1.29 is 9.52 Å². The maximum Gasteiger partial charge on any atom is 0.126 e. The van der Waals surface area contributed by atoms with Gasteiger partial charge in [0.25, 0.3) is 0 Å². The summed E-state index contributed by atoms with van der Waals surface area (Å²) in [6.07, 6.45) is 4.22. The molecule has 1 aromatic rings. The van der Waals surface area contributed by atoms with Crippen molar-refractivity contribution in [3.05, 3.63) is 29.7 Å². The molecule has 14 heavy (non-hydrogen) atoms. The van der Waals surface area contributed by atoms with Gasteiger partial charge < -0.3 is 15.3 Å². The van der Waals surface area contributed by atoms with Gasteiger partial charge in [0.1, 0.15) is 5.76 Å². The monoisotopic (exact) mass is 195 g/mol. The van der Waals surface area contributed by atoms with E-state index in [9.17, 15) is 0 Å². The van der Waals surface area contributed by atoms with E-state index in [0.717, 1.165) is 11.3 Å². The quantitative estimate of drug-likeness (QED) is 0.770. The van der Waals surface area contributed by atoms with Crippen LogP contribution < -0.4 is 5.73 Å². The SMILES string of the molecule is C/C(=C\c1ccco1)CC(C)(N)CO. The molecule has 0 radical (unpaired) electrons. The Balaban J connectivity index is 2.62. The molecule has 0 aromatic carbocycles. The Bertz CT molecular complexity index is 299. The minimum atomic E-state index is -0.548. The van der Waals surface area contributed by atoms with Crippen molar-refractivity contribution in [2.45, 2.75) is 25.8 Å². The predicted octanol–water partition coefficient (Wildman–Crippen LogP) is 1.78. The Morgan fingerprint density at radius 3 is 2.93 bits per heavy atom. The van der Waals surface area contributed by atoms with Gasteiger partial charge in [-0.1, -0.05) is 5.57 Å².